The van der Waals surface area contributed by atoms with Gasteiger partial charge in [-0.05, 0) is 35.2 Å². The molecule has 3 aromatic rings. The Hall–Kier alpha value is -2.89. The van der Waals surface area contributed by atoms with Gasteiger partial charge in [0.15, 0.2) is 5.82 Å². The maximum atomic E-state index is 15.1. The number of fused-ring (bicyclic) bond motifs is 1. The largest absolute Gasteiger partial charge is 0.494 e. The van der Waals surface area contributed by atoms with Crippen molar-refractivity contribution < 1.29 is 15.3 Å². The van der Waals surface area contributed by atoms with Gasteiger partial charge in [-0.25, -0.2) is 4.39 Å². The average Bonchev–Trinajstić information content (AvgIpc) is 3.07. The molecule has 2 heterocycles. The number of nitrogens with one attached hydrogen (secondary N) is 1. The normalized spacial score (nSPS) is 11.2. The van der Waals surface area contributed by atoms with Crippen LogP contribution in [-0.4, -0.2) is 42.0 Å². The van der Waals surface area contributed by atoms with E-state index in [9.17, 15) is 4.79 Å². The van der Waals surface area contributed by atoms with E-state index < -0.39 is 0 Å². The monoisotopic (exact) mass is 357 g/mol. The molecule has 0 saturated heterocycles. The van der Waals surface area contributed by atoms with Crippen LogP contribution < -0.4 is 4.74 Å². The number of H-pyrrole nitrogens is 1. The molecule has 26 heavy (non-hydrogen) atoms. The molecule has 0 radical (unpaired) electrons. The number of pyridine rings is 1. The first-order valence-corrected chi connectivity index (χ1v) is 8.40. The maximum Gasteiger partial charge on any atom is 0.269 e. The number of carbonyl (C=O) groups is 1. The lowest BCUT2D eigenvalue weighted by molar-refractivity contribution is 0.0823. The summed E-state index contributed by atoms with van der Waals surface area (Å²) >= 11 is 0. The molecule has 2 aromatic heterocycles. The Bertz CT molecular complexity index is 983. The Labute approximate surface area is 153 Å². The number of ether oxygens (including phenoxy) is 1. The number of hydrogen-bond acceptors (Lipinski definition) is 3. The van der Waals surface area contributed by atoms with Crippen LogP contribution in [0, 0.1) is 5.82 Å². The fraction of sp³-hybridized carbons (Fsp3) is 0.300. The van der Waals surface area contributed by atoms with Crippen LogP contribution in [0.1, 0.15) is 37.2 Å². The number of rotatable bonds is 4. The van der Waals surface area contributed by atoms with E-state index in [0.717, 1.165) is 11.1 Å². The zero-order valence-corrected chi connectivity index (χ0v) is 15.6. The first kappa shape index (κ1) is 17.9. The van der Waals surface area contributed by atoms with Crippen LogP contribution in [0.25, 0.3) is 22.0 Å². The van der Waals surface area contributed by atoms with E-state index in [2.05, 4.69) is 9.97 Å². The van der Waals surface area contributed by atoms with E-state index in [1.54, 1.807) is 39.7 Å². The highest BCUT2D eigenvalue weighted by atomic mass is 19.1. The predicted octanol–water partition coefficient (Wildman–Crippen LogP) is 4.45. The van der Waals surface area contributed by atoms with Gasteiger partial charge in [0, 0.05) is 32.7 Å². The van der Waals surface area contributed by atoms with E-state index in [0.29, 0.717) is 27.9 Å². The number of amides is 1. The highest BCUT2D eigenvalue weighted by molar-refractivity contribution is 6.04. The van der Waals surface area contributed by atoms with Crippen molar-refractivity contribution >= 4 is 16.8 Å². The lowest BCUT2D eigenvalue weighted by Gasteiger charge is -2.14. The van der Waals surface area contributed by atoms with Gasteiger partial charge in [0.1, 0.15) is 11.4 Å². The molecule has 0 fully saturated rings. The van der Waals surface area contributed by atoms with E-state index in [1.165, 1.54) is 4.90 Å². The molecule has 1 amide bonds. The van der Waals surface area contributed by atoms with Gasteiger partial charge < -0.3 is 14.6 Å². The van der Waals surface area contributed by atoms with Crippen molar-refractivity contribution in [1.29, 1.82) is 0 Å². The summed E-state index contributed by atoms with van der Waals surface area (Å²) in [4.78, 5) is 20.9. The second-order valence-corrected chi connectivity index (χ2v) is 6.73. The third-order valence-corrected chi connectivity index (χ3v) is 4.43. The Kier molecular flexibility index (Phi) is 4.68. The van der Waals surface area contributed by atoms with Crippen molar-refractivity contribution in [2.45, 2.75) is 19.8 Å². The lowest BCUT2D eigenvalue weighted by atomic mass is 9.93. The summed E-state index contributed by atoms with van der Waals surface area (Å²) in [6.45, 7) is 3.87. The highest BCUT2D eigenvalue weighted by Crippen LogP contribution is 2.39. The van der Waals surface area contributed by atoms with Crippen LogP contribution in [-0.2, 0) is 0 Å². The Balaban J connectivity index is 0.00000261. The van der Waals surface area contributed by atoms with Gasteiger partial charge in [-0.1, -0.05) is 13.8 Å². The molecule has 1 aromatic carbocycles. The van der Waals surface area contributed by atoms with Gasteiger partial charge in [-0.2, -0.15) is 0 Å². The summed E-state index contributed by atoms with van der Waals surface area (Å²) < 4.78 is 20.5. The van der Waals surface area contributed by atoms with Gasteiger partial charge in [0.25, 0.3) is 5.91 Å². The van der Waals surface area contributed by atoms with Gasteiger partial charge in [0.05, 0.1) is 18.8 Å². The Morgan fingerprint density at radius 2 is 2.04 bits per heavy atom. The summed E-state index contributed by atoms with van der Waals surface area (Å²) in [5.41, 5.74) is 2.86. The van der Waals surface area contributed by atoms with Gasteiger partial charge in [-0.3, -0.25) is 9.78 Å². The minimum Gasteiger partial charge on any atom is -0.494 e. The SMILES string of the molecule is COc1cnccc1-c1cc(C(C)C)c(F)c2[nH]c(C(=O)N(C)C)cc12.[HH]. The number of benzene rings is 1. The second kappa shape index (κ2) is 6.78. The molecule has 6 heteroatoms. The molecule has 138 valence electrons. The topological polar surface area (TPSA) is 58.2 Å². The van der Waals surface area contributed by atoms with Crippen molar-refractivity contribution in [3.63, 3.8) is 0 Å². The summed E-state index contributed by atoms with van der Waals surface area (Å²) in [5.74, 6) is 0.0444. The summed E-state index contributed by atoms with van der Waals surface area (Å²) in [5, 5.41) is 0.640. The van der Waals surface area contributed by atoms with Crippen LogP contribution in [0.2, 0.25) is 0 Å². The van der Waals surface area contributed by atoms with E-state index >= 15 is 4.39 Å². The minimum atomic E-state index is -0.329. The van der Waals surface area contributed by atoms with Crippen molar-refractivity contribution in [3.05, 3.63) is 47.7 Å². The number of aromatic nitrogens is 2. The zero-order valence-electron chi connectivity index (χ0n) is 15.6. The predicted molar refractivity (Wildman–Crippen MR) is 102 cm³/mol. The van der Waals surface area contributed by atoms with Crippen molar-refractivity contribution in [2.75, 3.05) is 21.2 Å². The Morgan fingerprint density at radius 1 is 1.31 bits per heavy atom. The van der Waals surface area contributed by atoms with E-state index in [-0.39, 0.29) is 19.1 Å². The standard InChI is InChI=1S/C20H22FN3O2.H2/c1-11(2)13-8-14(12-6-7-22-10-17(12)26-5)15-9-16(20(25)24(3)4)23-19(15)18(13)21;/h6-11,23H,1-5H3;1H. The quantitative estimate of drug-likeness (QED) is 0.750. The van der Waals surface area contributed by atoms with Crippen molar-refractivity contribution in [3.8, 4) is 16.9 Å². The van der Waals surface area contributed by atoms with Crippen LogP contribution in [0.4, 0.5) is 4.39 Å². The Morgan fingerprint density at radius 3 is 2.65 bits per heavy atom. The average molecular weight is 357 g/mol. The summed E-state index contributed by atoms with van der Waals surface area (Å²) in [7, 11) is 4.90. The molecule has 0 aliphatic carbocycles. The molecule has 5 nitrogen and oxygen atoms in total. The highest BCUT2D eigenvalue weighted by Gasteiger charge is 2.21. The molecule has 0 aliphatic heterocycles. The van der Waals surface area contributed by atoms with Crippen LogP contribution >= 0.6 is 0 Å². The van der Waals surface area contributed by atoms with Crippen molar-refractivity contribution in [2.24, 2.45) is 0 Å². The smallest absolute Gasteiger partial charge is 0.269 e. The molecular weight excluding hydrogens is 333 g/mol. The fourth-order valence-corrected chi connectivity index (χ4v) is 3.05. The molecule has 0 spiro atoms. The zero-order chi connectivity index (χ0) is 19.0. The minimum absolute atomic E-state index is 0. The van der Waals surface area contributed by atoms with E-state index in [1.807, 2.05) is 26.0 Å². The lowest BCUT2D eigenvalue weighted by Crippen LogP contribution is -2.21. The van der Waals surface area contributed by atoms with E-state index in [4.69, 9.17) is 4.74 Å². The molecule has 0 aliphatic rings. The van der Waals surface area contributed by atoms with Crippen molar-refractivity contribution in [1.82, 2.24) is 14.9 Å². The third kappa shape index (κ3) is 2.92. The van der Waals surface area contributed by atoms with Crippen LogP contribution in [0.5, 0.6) is 5.75 Å². The number of halogens is 1. The molecular formula is C20H24FN3O2. The molecule has 0 atom stereocenters. The summed E-state index contributed by atoms with van der Waals surface area (Å²) in [6, 6.07) is 5.36. The molecule has 0 unspecified atom stereocenters. The third-order valence-electron chi connectivity index (χ3n) is 4.43. The molecule has 0 bridgehead atoms. The second-order valence-electron chi connectivity index (χ2n) is 6.73. The van der Waals surface area contributed by atoms with Crippen LogP contribution in [0.15, 0.2) is 30.6 Å². The molecule has 0 saturated carbocycles. The number of hydrogen-bond donors (Lipinski definition) is 1. The first-order valence-electron chi connectivity index (χ1n) is 8.40. The maximum absolute atomic E-state index is 15.1. The van der Waals surface area contributed by atoms with Gasteiger partial charge in [-0.15, -0.1) is 0 Å². The number of aromatic amines is 1. The van der Waals surface area contributed by atoms with Gasteiger partial charge in [0.2, 0.25) is 0 Å². The first-order chi connectivity index (χ1) is 12.3. The van der Waals surface area contributed by atoms with Gasteiger partial charge >= 0.3 is 0 Å². The summed E-state index contributed by atoms with van der Waals surface area (Å²) in [6.07, 6.45) is 3.29. The number of methoxy groups -OCH3 is 1. The molecule has 1 N–H and O–H groups in total. The number of carbonyl (C=O) groups excluding carboxylic acids is 1. The number of nitrogens with zero attached hydrogens (tertiary/aromatic N) is 2. The van der Waals surface area contributed by atoms with Crippen LogP contribution in [0.3, 0.4) is 0 Å². The molecule has 3 rings (SSSR count). The fourth-order valence-electron chi connectivity index (χ4n) is 3.05.